The first-order valence-electron chi connectivity index (χ1n) is 5.81. The third-order valence-electron chi connectivity index (χ3n) is 2.55. The number of benzene rings is 2. The van der Waals surface area contributed by atoms with Gasteiger partial charge in [-0.15, -0.1) is 0 Å². The SMILES string of the molecule is O=C(Nc1ccccc1SC(F)F)c1cc(O)ccc1Cl. The molecule has 0 atom stereocenters. The van der Waals surface area contributed by atoms with Crippen LogP contribution in [-0.4, -0.2) is 16.8 Å². The van der Waals surface area contributed by atoms with Crippen LogP contribution < -0.4 is 5.32 Å². The summed E-state index contributed by atoms with van der Waals surface area (Å²) in [6.45, 7) is 0. The van der Waals surface area contributed by atoms with E-state index in [4.69, 9.17) is 11.6 Å². The minimum atomic E-state index is -2.59. The smallest absolute Gasteiger partial charge is 0.288 e. The first kappa shape index (κ1) is 15.6. The molecule has 0 saturated heterocycles. The Kier molecular flexibility index (Phi) is 5.03. The van der Waals surface area contributed by atoms with Crippen molar-refractivity contribution >= 4 is 35.0 Å². The highest BCUT2D eigenvalue weighted by atomic mass is 35.5. The Hall–Kier alpha value is -1.79. The van der Waals surface area contributed by atoms with Crippen LogP contribution in [-0.2, 0) is 0 Å². The fourth-order valence-electron chi connectivity index (χ4n) is 1.65. The summed E-state index contributed by atoms with van der Waals surface area (Å²) >= 11 is 6.22. The molecule has 2 aromatic rings. The number of halogens is 3. The summed E-state index contributed by atoms with van der Waals surface area (Å²) in [4.78, 5) is 12.4. The van der Waals surface area contributed by atoms with Gasteiger partial charge in [-0.3, -0.25) is 4.79 Å². The van der Waals surface area contributed by atoms with E-state index in [1.54, 1.807) is 12.1 Å². The summed E-state index contributed by atoms with van der Waals surface area (Å²) < 4.78 is 24.9. The molecule has 0 fully saturated rings. The van der Waals surface area contributed by atoms with E-state index in [0.717, 1.165) is 0 Å². The number of phenolic OH excluding ortho intramolecular Hbond substituents is 1. The molecule has 0 unspecified atom stereocenters. The van der Waals surface area contributed by atoms with Crippen molar-refractivity contribution in [2.24, 2.45) is 0 Å². The number of alkyl halides is 2. The summed E-state index contributed by atoms with van der Waals surface area (Å²) in [6, 6.07) is 10.2. The molecule has 0 radical (unpaired) electrons. The molecule has 110 valence electrons. The van der Waals surface area contributed by atoms with Gasteiger partial charge in [0.2, 0.25) is 0 Å². The molecular weight excluding hydrogens is 320 g/mol. The summed E-state index contributed by atoms with van der Waals surface area (Å²) in [5.74, 6) is -3.29. The van der Waals surface area contributed by atoms with Gasteiger partial charge in [-0.2, -0.15) is 8.78 Å². The fourth-order valence-corrected chi connectivity index (χ4v) is 2.44. The van der Waals surface area contributed by atoms with Gasteiger partial charge in [0.15, 0.2) is 0 Å². The maximum atomic E-state index is 12.5. The minimum absolute atomic E-state index is 0.0634. The Morgan fingerprint density at radius 2 is 1.95 bits per heavy atom. The Morgan fingerprint density at radius 3 is 2.67 bits per heavy atom. The second kappa shape index (κ2) is 6.78. The highest BCUT2D eigenvalue weighted by molar-refractivity contribution is 7.99. The summed E-state index contributed by atoms with van der Waals surface area (Å²) in [6.07, 6.45) is 0. The molecule has 0 bridgehead atoms. The van der Waals surface area contributed by atoms with Gasteiger partial charge in [-0.05, 0) is 30.3 Å². The van der Waals surface area contributed by atoms with Gasteiger partial charge in [-0.25, -0.2) is 0 Å². The Balaban J connectivity index is 2.25. The van der Waals surface area contributed by atoms with E-state index in [1.165, 1.54) is 30.3 Å². The van der Waals surface area contributed by atoms with Crippen LogP contribution >= 0.6 is 23.4 Å². The Morgan fingerprint density at radius 1 is 1.24 bits per heavy atom. The monoisotopic (exact) mass is 329 g/mol. The third kappa shape index (κ3) is 4.09. The van der Waals surface area contributed by atoms with Crippen molar-refractivity contribution in [1.82, 2.24) is 0 Å². The number of hydrogen-bond acceptors (Lipinski definition) is 3. The van der Waals surface area contributed by atoms with Crippen LogP contribution in [0.3, 0.4) is 0 Å². The number of para-hydroxylation sites is 1. The van der Waals surface area contributed by atoms with Crippen molar-refractivity contribution in [2.45, 2.75) is 10.7 Å². The number of hydrogen-bond donors (Lipinski definition) is 2. The first-order chi connectivity index (χ1) is 9.97. The van der Waals surface area contributed by atoms with Gasteiger partial charge >= 0.3 is 0 Å². The molecule has 2 aromatic carbocycles. The normalized spacial score (nSPS) is 10.7. The standard InChI is InChI=1S/C14H10ClF2NO2S/c15-10-6-5-8(19)7-9(10)13(20)18-11-3-1-2-4-12(11)21-14(16)17/h1-7,14,19H,(H,18,20). The fraction of sp³-hybridized carbons (Fsp3) is 0.0714. The highest BCUT2D eigenvalue weighted by Gasteiger charge is 2.15. The Labute approximate surface area is 128 Å². The predicted molar refractivity (Wildman–Crippen MR) is 79.4 cm³/mol. The van der Waals surface area contributed by atoms with Gasteiger partial charge in [0, 0.05) is 4.90 Å². The number of carbonyl (C=O) groups is 1. The zero-order valence-corrected chi connectivity index (χ0v) is 12.1. The van der Waals surface area contributed by atoms with Gasteiger partial charge in [0.05, 0.1) is 16.3 Å². The summed E-state index contributed by atoms with van der Waals surface area (Å²) in [7, 11) is 0. The lowest BCUT2D eigenvalue weighted by Crippen LogP contribution is -2.13. The van der Waals surface area contributed by atoms with E-state index in [2.05, 4.69) is 5.32 Å². The van der Waals surface area contributed by atoms with E-state index >= 15 is 0 Å². The van der Waals surface area contributed by atoms with Gasteiger partial charge in [-0.1, -0.05) is 35.5 Å². The van der Waals surface area contributed by atoms with E-state index in [1.807, 2.05) is 0 Å². The Bertz CT molecular complexity index is 667. The molecule has 21 heavy (non-hydrogen) atoms. The van der Waals surface area contributed by atoms with Crippen molar-refractivity contribution in [3.8, 4) is 5.75 Å². The maximum Gasteiger partial charge on any atom is 0.288 e. The average Bonchev–Trinajstić information content (AvgIpc) is 2.43. The molecule has 0 saturated carbocycles. The van der Waals surface area contributed by atoms with Crippen molar-refractivity contribution in [3.63, 3.8) is 0 Å². The molecule has 2 rings (SSSR count). The molecule has 1 amide bonds. The number of amides is 1. The minimum Gasteiger partial charge on any atom is -0.508 e. The molecule has 3 nitrogen and oxygen atoms in total. The van der Waals surface area contributed by atoms with Crippen molar-refractivity contribution in [1.29, 1.82) is 0 Å². The molecule has 0 aliphatic carbocycles. The number of thioether (sulfide) groups is 1. The lowest BCUT2D eigenvalue weighted by molar-refractivity contribution is 0.102. The van der Waals surface area contributed by atoms with Crippen molar-refractivity contribution in [2.75, 3.05) is 5.32 Å². The van der Waals surface area contributed by atoms with Crippen LogP contribution in [0, 0.1) is 0 Å². The number of nitrogens with one attached hydrogen (secondary N) is 1. The number of aromatic hydroxyl groups is 1. The topological polar surface area (TPSA) is 49.3 Å². The second-order valence-corrected chi connectivity index (χ2v) is 5.43. The van der Waals surface area contributed by atoms with Crippen LogP contribution in [0.25, 0.3) is 0 Å². The van der Waals surface area contributed by atoms with Gasteiger partial charge in [0.1, 0.15) is 5.75 Å². The first-order valence-corrected chi connectivity index (χ1v) is 7.07. The molecule has 0 aromatic heterocycles. The molecule has 0 aliphatic heterocycles. The number of phenols is 1. The molecule has 7 heteroatoms. The predicted octanol–water partition coefficient (Wildman–Crippen LogP) is 4.61. The summed E-state index contributed by atoms with van der Waals surface area (Å²) in [5.41, 5.74) is 0.320. The second-order valence-electron chi connectivity index (χ2n) is 3.99. The van der Waals surface area contributed by atoms with Crippen LogP contribution in [0.5, 0.6) is 5.75 Å². The molecular formula is C14H10ClF2NO2S. The average molecular weight is 330 g/mol. The number of rotatable bonds is 4. The van der Waals surface area contributed by atoms with E-state index in [0.29, 0.717) is 11.8 Å². The van der Waals surface area contributed by atoms with Crippen LogP contribution in [0.1, 0.15) is 10.4 Å². The van der Waals surface area contributed by atoms with Crippen molar-refractivity contribution < 1.29 is 18.7 Å². The lowest BCUT2D eigenvalue weighted by Gasteiger charge is -2.11. The number of carbonyl (C=O) groups excluding carboxylic acids is 1. The molecule has 0 spiro atoms. The van der Waals surface area contributed by atoms with E-state index in [-0.39, 0.29) is 26.9 Å². The zero-order chi connectivity index (χ0) is 15.4. The highest BCUT2D eigenvalue weighted by Crippen LogP contribution is 2.32. The van der Waals surface area contributed by atoms with Crippen LogP contribution in [0.4, 0.5) is 14.5 Å². The zero-order valence-electron chi connectivity index (χ0n) is 10.5. The van der Waals surface area contributed by atoms with E-state index in [9.17, 15) is 18.7 Å². The largest absolute Gasteiger partial charge is 0.508 e. The summed E-state index contributed by atoms with van der Waals surface area (Å²) in [5, 5.41) is 12.1. The van der Waals surface area contributed by atoms with Crippen LogP contribution in [0.2, 0.25) is 5.02 Å². The van der Waals surface area contributed by atoms with Gasteiger partial charge < -0.3 is 10.4 Å². The quantitative estimate of drug-likeness (QED) is 0.805. The van der Waals surface area contributed by atoms with Crippen LogP contribution in [0.15, 0.2) is 47.4 Å². The lowest BCUT2D eigenvalue weighted by atomic mass is 10.2. The number of anilines is 1. The van der Waals surface area contributed by atoms with Crippen molar-refractivity contribution in [3.05, 3.63) is 53.1 Å². The molecule has 0 aliphatic rings. The van der Waals surface area contributed by atoms with E-state index < -0.39 is 11.7 Å². The van der Waals surface area contributed by atoms with Gasteiger partial charge in [0.25, 0.3) is 11.7 Å². The maximum absolute atomic E-state index is 12.5. The third-order valence-corrected chi connectivity index (χ3v) is 3.66. The molecule has 2 N–H and O–H groups in total. The molecule has 0 heterocycles.